The van der Waals surface area contributed by atoms with Gasteiger partial charge in [0.15, 0.2) is 0 Å². The van der Waals surface area contributed by atoms with Gasteiger partial charge in [0.05, 0.1) is 14.2 Å². The van der Waals surface area contributed by atoms with E-state index in [1.807, 2.05) is 18.2 Å². The van der Waals surface area contributed by atoms with Gasteiger partial charge in [0, 0.05) is 14.1 Å². The van der Waals surface area contributed by atoms with Gasteiger partial charge in [-0.15, -0.1) is 0 Å². The Labute approximate surface area is 99.6 Å². The average Bonchev–Trinajstić information content (AvgIpc) is 2.25. The number of benzene rings is 1. The van der Waals surface area contributed by atoms with Gasteiger partial charge in [0.25, 0.3) is 0 Å². The Morgan fingerprint density at radius 3 is 1.88 bits per heavy atom. The van der Waals surface area contributed by atoms with Crippen LogP contribution in [0.25, 0.3) is 0 Å². The Morgan fingerprint density at radius 2 is 1.50 bits per heavy atom. The van der Waals surface area contributed by atoms with E-state index in [2.05, 4.69) is 26.1 Å². The Morgan fingerprint density at radius 1 is 1.00 bits per heavy atom. The molecule has 0 spiro atoms. The Balaban J connectivity index is 2.79. The van der Waals surface area contributed by atoms with Crippen molar-refractivity contribution >= 4 is 8.07 Å². The molecule has 89 valence electrons. The smallest absolute Gasteiger partial charge is 0.122 e. The van der Waals surface area contributed by atoms with Crippen LogP contribution in [0.5, 0.6) is 11.5 Å². The summed E-state index contributed by atoms with van der Waals surface area (Å²) in [7, 11) is 2.32. The third-order valence-corrected chi connectivity index (χ3v) is 3.75. The summed E-state index contributed by atoms with van der Waals surface area (Å²) in [5.74, 6) is 1.70. The van der Waals surface area contributed by atoms with Gasteiger partial charge in [0.2, 0.25) is 0 Å². The molecule has 0 saturated carbocycles. The number of rotatable bonds is 5. The van der Waals surface area contributed by atoms with E-state index >= 15 is 0 Å². The molecule has 0 heterocycles. The maximum absolute atomic E-state index is 5.24. The quantitative estimate of drug-likeness (QED) is 0.729. The number of ether oxygens (including phenoxy) is 2. The van der Waals surface area contributed by atoms with Crippen molar-refractivity contribution in [2.45, 2.75) is 25.7 Å². The van der Waals surface area contributed by atoms with Crippen molar-refractivity contribution in [1.29, 1.82) is 0 Å². The molecule has 1 rings (SSSR count). The van der Waals surface area contributed by atoms with Crippen molar-refractivity contribution in [3.05, 3.63) is 30.2 Å². The summed E-state index contributed by atoms with van der Waals surface area (Å²) >= 11 is 0. The van der Waals surface area contributed by atoms with Crippen molar-refractivity contribution in [2.75, 3.05) is 14.2 Å². The van der Waals surface area contributed by atoms with Crippen LogP contribution in [0.2, 0.25) is 25.7 Å². The highest BCUT2D eigenvalue weighted by Gasteiger charge is 2.13. The third kappa shape index (κ3) is 4.27. The van der Waals surface area contributed by atoms with Crippen LogP contribution in [0, 0.1) is 6.42 Å². The topological polar surface area (TPSA) is 18.5 Å². The first-order valence-corrected chi connectivity index (χ1v) is 9.21. The fourth-order valence-electron chi connectivity index (χ4n) is 1.37. The zero-order valence-corrected chi connectivity index (χ0v) is 11.8. The lowest BCUT2D eigenvalue weighted by atomic mass is 10.1. The van der Waals surface area contributed by atoms with Crippen LogP contribution in [-0.4, -0.2) is 22.3 Å². The monoisotopic (exact) mass is 237 g/mol. The second-order valence-electron chi connectivity index (χ2n) is 5.11. The predicted octanol–water partition coefficient (Wildman–Crippen LogP) is 3.59. The molecule has 0 aliphatic rings. The first-order valence-electron chi connectivity index (χ1n) is 5.51. The molecule has 0 atom stereocenters. The number of methoxy groups -OCH3 is 2. The maximum atomic E-state index is 5.24. The van der Waals surface area contributed by atoms with Crippen LogP contribution in [0.3, 0.4) is 0 Å². The molecule has 1 aromatic carbocycles. The van der Waals surface area contributed by atoms with E-state index in [9.17, 15) is 0 Å². The molecule has 3 heteroatoms. The minimum atomic E-state index is -1.03. The molecule has 0 aliphatic heterocycles. The molecule has 0 N–H and O–H groups in total. The Kier molecular flexibility index (Phi) is 4.41. The van der Waals surface area contributed by atoms with Gasteiger partial charge in [0.1, 0.15) is 11.5 Å². The second-order valence-corrected chi connectivity index (χ2v) is 10.6. The Hall–Kier alpha value is -0.963. The molecule has 1 radical (unpaired) electrons. The second kappa shape index (κ2) is 5.39. The first-order chi connectivity index (χ1) is 7.44. The average molecular weight is 237 g/mol. The summed E-state index contributed by atoms with van der Waals surface area (Å²) in [5, 5.41) is 0. The number of hydrogen-bond acceptors (Lipinski definition) is 2. The highest BCUT2D eigenvalue weighted by molar-refractivity contribution is 6.76. The zero-order valence-electron chi connectivity index (χ0n) is 10.8. The molecular formula is C13H21O2Si. The summed E-state index contributed by atoms with van der Waals surface area (Å²) in [6.07, 6.45) is 2.28. The summed E-state index contributed by atoms with van der Waals surface area (Å²) in [5.41, 5.74) is 1.18. The lowest BCUT2D eigenvalue weighted by Crippen LogP contribution is -2.19. The van der Waals surface area contributed by atoms with Crippen molar-refractivity contribution in [3.8, 4) is 11.5 Å². The van der Waals surface area contributed by atoms with Crippen LogP contribution in [-0.2, 0) is 0 Å². The molecule has 0 aromatic heterocycles. The van der Waals surface area contributed by atoms with Crippen LogP contribution in [0.15, 0.2) is 18.2 Å². The van der Waals surface area contributed by atoms with E-state index in [1.54, 1.807) is 14.2 Å². The first kappa shape index (κ1) is 13.1. The van der Waals surface area contributed by atoms with E-state index in [1.165, 1.54) is 11.6 Å². The SMILES string of the molecule is COc1cc([CH]C[Si](C)(C)C)cc(OC)c1. The minimum Gasteiger partial charge on any atom is -0.497 e. The Bertz CT molecular complexity index is 320. The molecule has 2 nitrogen and oxygen atoms in total. The number of hydrogen-bond donors (Lipinski definition) is 0. The molecule has 1 aromatic rings. The largest absolute Gasteiger partial charge is 0.497 e. The van der Waals surface area contributed by atoms with Gasteiger partial charge in [-0.1, -0.05) is 25.7 Å². The van der Waals surface area contributed by atoms with E-state index in [-0.39, 0.29) is 0 Å². The molecule has 0 bridgehead atoms. The lowest BCUT2D eigenvalue weighted by molar-refractivity contribution is 0.394. The molecule has 0 saturated heterocycles. The molecule has 0 aliphatic carbocycles. The summed E-state index contributed by atoms with van der Waals surface area (Å²) in [4.78, 5) is 0. The molecule has 16 heavy (non-hydrogen) atoms. The predicted molar refractivity (Wildman–Crippen MR) is 71.1 cm³/mol. The highest BCUT2D eigenvalue weighted by Crippen LogP contribution is 2.25. The third-order valence-electron chi connectivity index (χ3n) is 2.32. The lowest BCUT2D eigenvalue weighted by Gasteiger charge is -2.15. The van der Waals surface area contributed by atoms with E-state index in [0.717, 1.165) is 11.5 Å². The normalized spacial score (nSPS) is 11.3. The van der Waals surface area contributed by atoms with Gasteiger partial charge in [-0.2, -0.15) is 0 Å². The molecule has 0 unspecified atom stereocenters. The van der Waals surface area contributed by atoms with Crippen molar-refractivity contribution in [3.63, 3.8) is 0 Å². The zero-order chi connectivity index (χ0) is 12.2. The maximum Gasteiger partial charge on any atom is 0.122 e. The van der Waals surface area contributed by atoms with Crippen molar-refractivity contribution < 1.29 is 9.47 Å². The van der Waals surface area contributed by atoms with Crippen LogP contribution in [0.4, 0.5) is 0 Å². The van der Waals surface area contributed by atoms with E-state index in [4.69, 9.17) is 9.47 Å². The van der Waals surface area contributed by atoms with Crippen LogP contribution < -0.4 is 9.47 Å². The molecule has 0 fully saturated rings. The van der Waals surface area contributed by atoms with Crippen LogP contribution in [0.1, 0.15) is 5.56 Å². The van der Waals surface area contributed by atoms with Crippen molar-refractivity contribution in [2.24, 2.45) is 0 Å². The van der Waals surface area contributed by atoms with Crippen LogP contribution >= 0.6 is 0 Å². The van der Waals surface area contributed by atoms with Gasteiger partial charge >= 0.3 is 0 Å². The molecule has 0 amide bonds. The van der Waals surface area contributed by atoms with E-state index < -0.39 is 8.07 Å². The fourth-order valence-corrected chi connectivity index (χ4v) is 2.22. The molecular weight excluding hydrogens is 216 g/mol. The summed E-state index contributed by atoms with van der Waals surface area (Å²) in [6.45, 7) is 7.09. The standard InChI is InChI=1S/C13H21O2Si/c1-14-12-8-11(6-7-16(3,4)5)9-13(10-12)15-2/h6,8-10H,7H2,1-5H3. The summed E-state index contributed by atoms with van der Waals surface area (Å²) < 4.78 is 10.5. The van der Waals surface area contributed by atoms with Crippen molar-refractivity contribution in [1.82, 2.24) is 0 Å². The van der Waals surface area contributed by atoms with Gasteiger partial charge < -0.3 is 9.47 Å². The van der Waals surface area contributed by atoms with Gasteiger partial charge in [-0.25, -0.2) is 0 Å². The van der Waals surface area contributed by atoms with E-state index in [0.29, 0.717) is 0 Å². The van der Waals surface area contributed by atoms with Gasteiger partial charge in [-0.05, 0) is 24.1 Å². The van der Waals surface area contributed by atoms with Gasteiger partial charge in [-0.3, -0.25) is 0 Å². The fraction of sp³-hybridized carbons (Fsp3) is 0.462. The highest BCUT2D eigenvalue weighted by atomic mass is 28.3. The minimum absolute atomic E-state index is 0.848. The summed E-state index contributed by atoms with van der Waals surface area (Å²) in [6, 6.07) is 7.15.